The zero-order valence-corrected chi connectivity index (χ0v) is 23.9. The van der Waals surface area contributed by atoms with Crippen LogP contribution in [-0.4, -0.2) is 35.3 Å². The van der Waals surface area contributed by atoms with Crippen molar-refractivity contribution in [3.63, 3.8) is 0 Å². The summed E-state index contributed by atoms with van der Waals surface area (Å²) in [7, 11) is 0. The Labute approximate surface area is 233 Å². The van der Waals surface area contributed by atoms with Gasteiger partial charge in [-0.2, -0.15) is 0 Å². The smallest absolute Gasteiger partial charge is 0.408 e. The van der Waals surface area contributed by atoms with Crippen molar-refractivity contribution in [2.24, 2.45) is 5.41 Å². The first kappa shape index (κ1) is 31.2. The summed E-state index contributed by atoms with van der Waals surface area (Å²) < 4.78 is 63.4. The molecule has 2 aromatic carbocycles. The number of benzene rings is 2. The van der Waals surface area contributed by atoms with Gasteiger partial charge in [-0.3, -0.25) is 0 Å². The fraction of sp³-hybridized carbons (Fsp3) is 0.452. The third kappa shape index (κ3) is 8.84. The SMILES string of the molecule is CC(C)(C)OC(=O)N[C@H](CCN[C@@H](c1cc(-c2cc(F)ccc2F)cn1Cc1ccccc1)C(C)(C)C)C(F)F. The van der Waals surface area contributed by atoms with E-state index < -0.39 is 35.8 Å². The van der Waals surface area contributed by atoms with Gasteiger partial charge in [-0.25, -0.2) is 22.4 Å². The maximum Gasteiger partial charge on any atom is 0.408 e. The summed E-state index contributed by atoms with van der Waals surface area (Å²) in [4.78, 5) is 12.1. The number of hydrogen-bond acceptors (Lipinski definition) is 3. The van der Waals surface area contributed by atoms with E-state index in [-0.39, 0.29) is 30.0 Å². The van der Waals surface area contributed by atoms with E-state index in [0.717, 1.165) is 29.5 Å². The first-order valence-corrected chi connectivity index (χ1v) is 13.3. The summed E-state index contributed by atoms with van der Waals surface area (Å²) >= 11 is 0. The molecule has 0 spiro atoms. The van der Waals surface area contributed by atoms with Crippen LogP contribution in [-0.2, 0) is 11.3 Å². The molecule has 1 aromatic heterocycles. The Balaban J connectivity index is 1.90. The predicted molar refractivity (Wildman–Crippen MR) is 149 cm³/mol. The van der Waals surface area contributed by atoms with E-state index in [0.29, 0.717) is 12.1 Å². The summed E-state index contributed by atoms with van der Waals surface area (Å²) in [5.74, 6) is -1.09. The van der Waals surface area contributed by atoms with Crippen molar-refractivity contribution in [2.75, 3.05) is 6.54 Å². The second-order valence-electron chi connectivity index (χ2n) is 12.0. The van der Waals surface area contributed by atoms with Gasteiger partial charge in [0, 0.05) is 29.6 Å². The lowest BCUT2D eigenvalue weighted by Gasteiger charge is -2.33. The molecule has 0 bridgehead atoms. The van der Waals surface area contributed by atoms with E-state index in [9.17, 15) is 22.4 Å². The summed E-state index contributed by atoms with van der Waals surface area (Å²) in [6, 6.07) is 13.1. The summed E-state index contributed by atoms with van der Waals surface area (Å²) in [5.41, 5.74) is 1.26. The molecule has 0 saturated heterocycles. The zero-order chi connectivity index (χ0) is 29.7. The summed E-state index contributed by atoms with van der Waals surface area (Å²) in [5, 5.41) is 5.66. The van der Waals surface area contributed by atoms with Crippen LogP contribution in [0.3, 0.4) is 0 Å². The molecule has 9 heteroatoms. The standard InChI is InChI=1S/C31H39F4N3O2/c1-30(2,3)27(36-15-14-25(28(34)35)37-29(39)40-31(4,5)6)26-16-21(23-17-22(32)12-13-24(23)33)19-38(26)18-20-10-8-7-9-11-20/h7-13,16-17,19,25,27-28,36H,14-15,18H2,1-6H3,(H,37,39)/t25-,27+/m1/s1. The highest BCUT2D eigenvalue weighted by Gasteiger charge is 2.31. The number of nitrogens with zero attached hydrogens (tertiary/aromatic N) is 1. The monoisotopic (exact) mass is 561 g/mol. The van der Waals surface area contributed by atoms with E-state index in [1.54, 1.807) is 27.0 Å². The van der Waals surface area contributed by atoms with Crippen molar-refractivity contribution in [1.29, 1.82) is 0 Å². The lowest BCUT2D eigenvalue weighted by atomic mass is 9.84. The van der Waals surface area contributed by atoms with Crippen LogP contribution in [0.25, 0.3) is 11.1 Å². The molecular formula is C31H39F4N3O2. The Morgan fingerprint density at radius 1 is 0.975 bits per heavy atom. The van der Waals surface area contributed by atoms with Gasteiger partial charge in [-0.1, -0.05) is 51.1 Å². The number of alkyl carbamates (subject to hydrolysis) is 1. The highest BCUT2D eigenvalue weighted by molar-refractivity contribution is 5.68. The summed E-state index contributed by atoms with van der Waals surface area (Å²) in [6.45, 7) is 11.6. The number of hydrogen-bond donors (Lipinski definition) is 2. The lowest BCUT2D eigenvalue weighted by Crippen LogP contribution is -2.45. The molecule has 0 aliphatic heterocycles. The summed E-state index contributed by atoms with van der Waals surface area (Å²) in [6.07, 6.45) is -1.95. The topological polar surface area (TPSA) is 55.3 Å². The third-order valence-electron chi connectivity index (χ3n) is 6.34. The Bertz CT molecular complexity index is 1260. The van der Waals surface area contributed by atoms with E-state index in [2.05, 4.69) is 10.6 Å². The van der Waals surface area contributed by atoms with Gasteiger partial charge < -0.3 is 19.9 Å². The van der Waals surface area contributed by atoms with Crippen LogP contribution in [0, 0.1) is 17.0 Å². The number of carbonyl (C=O) groups is 1. The van der Waals surface area contributed by atoms with Crippen molar-refractivity contribution >= 4 is 6.09 Å². The van der Waals surface area contributed by atoms with Gasteiger partial charge in [0.05, 0.1) is 12.1 Å². The van der Waals surface area contributed by atoms with Crippen LogP contribution in [0.5, 0.6) is 0 Å². The van der Waals surface area contributed by atoms with Gasteiger partial charge in [0.15, 0.2) is 0 Å². The van der Waals surface area contributed by atoms with Crippen LogP contribution >= 0.6 is 0 Å². The largest absolute Gasteiger partial charge is 0.444 e. The molecule has 0 unspecified atom stereocenters. The zero-order valence-electron chi connectivity index (χ0n) is 23.9. The average Bonchev–Trinajstić information content (AvgIpc) is 3.23. The maximum absolute atomic E-state index is 14.7. The van der Waals surface area contributed by atoms with E-state index >= 15 is 0 Å². The molecule has 0 aliphatic rings. The number of halogens is 4. The number of ether oxygens (including phenoxy) is 1. The van der Waals surface area contributed by atoms with Gasteiger partial charge in [-0.05, 0) is 69.0 Å². The molecule has 3 rings (SSSR count). The Kier molecular flexibility index (Phi) is 10.1. The van der Waals surface area contributed by atoms with Crippen molar-refractivity contribution in [1.82, 2.24) is 15.2 Å². The average molecular weight is 562 g/mol. The van der Waals surface area contributed by atoms with Gasteiger partial charge in [0.25, 0.3) is 6.43 Å². The quantitative estimate of drug-likeness (QED) is 0.249. The van der Waals surface area contributed by atoms with E-state index in [4.69, 9.17) is 4.74 Å². The number of carbonyl (C=O) groups excluding carboxylic acids is 1. The van der Waals surface area contributed by atoms with Gasteiger partial charge in [0.1, 0.15) is 17.2 Å². The minimum Gasteiger partial charge on any atom is -0.444 e. The number of aromatic nitrogens is 1. The molecule has 3 aromatic rings. The van der Waals surface area contributed by atoms with E-state index in [1.165, 1.54) is 0 Å². The molecule has 0 radical (unpaired) electrons. The first-order valence-electron chi connectivity index (χ1n) is 13.3. The normalized spacial score (nSPS) is 13.8. The van der Waals surface area contributed by atoms with Crippen LogP contribution in [0.15, 0.2) is 60.8 Å². The number of nitrogens with one attached hydrogen (secondary N) is 2. The second kappa shape index (κ2) is 12.9. The minimum absolute atomic E-state index is 0.0474. The Morgan fingerprint density at radius 3 is 2.25 bits per heavy atom. The van der Waals surface area contributed by atoms with E-state index in [1.807, 2.05) is 61.7 Å². The Morgan fingerprint density at radius 2 is 1.65 bits per heavy atom. The van der Waals surface area contributed by atoms with Crippen LogP contribution in [0.2, 0.25) is 0 Å². The molecular weight excluding hydrogens is 522 g/mol. The van der Waals surface area contributed by atoms with Crippen LogP contribution in [0.4, 0.5) is 22.4 Å². The molecule has 2 N–H and O–H groups in total. The fourth-order valence-corrected chi connectivity index (χ4v) is 4.51. The third-order valence-corrected chi connectivity index (χ3v) is 6.34. The Hall–Kier alpha value is -3.33. The molecule has 40 heavy (non-hydrogen) atoms. The predicted octanol–water partition coefficient (Wildman–Crippen LogP) is 7.71. The number of amides is 1. The second-order valence-corrected chi connectivity index (χ2v) is 12.0. The van der Waals surface area contributed by atoms with Crippen molar-refractivity contribution in [3.05, 3.63) is 83.7 Å². The minimum atomic E-state index is -2.79. The molecule has 2 atom stereocenters. The highest BCUT2D eigenvalue weighted by atomic mass is 19.3. The highest BCUT2D eigenvalue weighted by Crippen LogP contribution is 2.37. The molecule has 218 valence electrons. The van der Waals surface area contributed by atoms with Crippen LogP contribution < -0.4 is 10.6 Å². The number of rotatable bonds is 10. The maximum atomic E-state index is 14.7. The first-order chi connectivity index (χ1) is 18.6. The number of alkyl halides is 2. The van der Waals surface area contributed by atoms with Gasteiger partial charge in [-0.15, -0.1) is 0 Å². The molecule has 5 nitrogen and oxygen atoms in total. The van der Waals surface area contributed by atoms with Crippen molar-refractivity contribution in [3.8, 4) is 11.1 Å². The molecule has 1 heterocycles. The lowest BCUT2D eigenvalue weighted by molar-refractivity contribution is 0.0362. The van der Waals surface area contributed by atoms with Gasteiger partial charge >= 0.3 is 6.09 Å². The molecule has 0 saturated carbocycles. The molecule has 0 aliphatic carbocycles. The molecule has 1 amide bonds. The fourth-order valence-electron chi connectivity index (χ4n) is 4.51. The molecule has 0 fully saturated rings. The van der Waals surface area contributed by atoms with Crippen molar-refractivity contribution < 1.29 is 27.1 Å². The van der Waals surface area contributed by atoms with Gasteiger partial charge in [0.2, 0.25) is 0 Å². The van der Waals surface area contributed by atoms with Crippen molar-refractivity contribution in [2.45, 2.75) is 78.6 Å². The van der Waals surface area contributed by atoms with Crippen LogP contribution in [0.1, 0.15) is 65.3 Å².